The Morgan fingerprint density at radius 1 is 0.652 bits per heavy atom. The van der Waals surface area contributed by atoms with Gasteiger partial charge in [-0.1, -0.05) is 103 Å². The normalized spacial score (nSPS) is 11.7. The van der Waals surface area contributed by atoms with Crippen LogP contribution in [0.4, 0.5) is 0 Å². The van der Waals surface area contributed by atoms with Gasteiger partial charge in [0.15, 0.2) is 0 Å². The van der Waals surface area contributed by atoms with Gasteiger partial charge in [-0.3, -0.25) is 0 Å². The third kappa shape index (κ3) is 3.58. The standard InChI is InChI=1S/C22H20O/c23-22(20-14-6-2-7-15-20,21-16-8-3-9-17-21)18-10-13-19-11-4-1-5-12-19/h1-17,23H,18H2/b13-10-. The van der Waals surface area contributed by atoms with Gasteiger partial charge in [-0.15, -0.1) is 0 Å². The highest BCUT2D eigenvalue weighted by Crippen LogP contribution is 2.33. The van der Waals surface area contributed by atoms with E-state index in [1.165, 1.54) is 0 Å². The van der Waals surface area contributed by atoms with Gasteiger partial charge in [0, 0.05) is 6.42 Å². The molecule has 3 aromatic rings. The molecule has 0 aliphatic carbocycles. The van der Waals surface area contributed by atoms with Crippen molar-refractivity contribution in [1.82, 2.24) is 0 Å². The van der Waals surface area contributed by atoms with E-state index in [4.69, 9.17) is 0 Å². The van der Waals surface area contributed by atoms with Crippen molar-refractivity contribution in [1.29, 1.82) is 0 Å². The van der Waals surface area contributed by atoms with Crippen LogP contribution in [-0.4, -0.2) is 5.11 Å². The maximum atomic E-state index is 11.4. The molecular weight excluding hydrogens is 280 g/mol. The second kappa shape index (κ2) is 7.08. The smallest absolute Gasteiger partial charge is 0.118 e. The monoisotopic (exact) mass is 300 g/mol. The Balaban J connectivity index is 1.92. The van der Waals surface area contributed by atoms with Crippen LogP contribution in [0.2, 0.25) is 0 Å². The molecule has 0 heterocycles. The minimum Gasteiger partial charge on any atom is -0.380 e. The van der Waals surface area contributed by atoms with Crippen molar-refractivity contribution in [2.24, 2.45) is 0 Å². The van der Waals surface area contributed by atoms with Crippen molar-refractivity contribution in [2.75, 3.05) is 0 Å². The van der Waals surface area contributed by atoms with Crippen LogP contribution in [0.25, 0.3) is 6.08 Å². The Hall–Kier alpha value is -2.64. The quantitative estimate of drug-likeness (QED) is 0.701. The molecular formula is C22H20O. The predicted molar refractivity (Wildman–Crippen MR) is 96.0 cm³/mol. The van der Waals surface area contributed by atoms with Gasteiger partial charge in [0.05, 0.1) is 0 Å². The summed E-state index contributed by atoms with van der Waals surface area (Å²) in [6, 6.07) is 29.8. The summed E-state index contributed by atoms with van der Waals surface area (Å²) in [4.78, 5) is 0. The molecule has 1 N–H and O–H groups in total. The fourth-order valence-corrected chi connectivity index (χ4v) is 2.76. The van der Waals surface area contributed by atoms with Gasteiger partial charge in [0.1, 0.15) is 5.60 Å². The molecule has 0 aliphatic rings. The molecule has 0 aliphatic heterocycles. The van der Waals surface area contributed by atoms with Crippen LogP contribution in [-0.2, 0) is 5.60 Å². The zero-order valence-electron chi connectivity index (χ0n) is 13.0. The zero-order chi connectivity index (χ0) is 16.0. The third-order valence-electron chi connectivity index (χ3n) is 4.03. The summed E-state index contributed by atoms with van der Waals surface area (Å²) >= 11 is 0. The first-order chi connectivity index (χ1) is 11.3. The number of benzene rings is 3. The maximum Gasteiger partial charge on any atom is 0.118 e. The molecule has 0 amide bonds. The van der Waals surface area contributed by atoms with Crippen molar-refractivity contribution in [2.45, 2.75) is 12.0 Å². The topological polar surface area (TPSA) is 20.2 Å². The van der Waals surface area contributed by atoms with Gasteiger partial charge in [-0.25, -0.2) is 0 Å². The number of hydrogen-bond donors (Lipinski definition) is 1. The van der Waals surface area contributed by atoms with Crippen molar-refractivity contribution in [3.63, 3.8) is 0 Å². The minimum absolute atomic E-state index is 0.524. The van der Waals surface area contributed by atoms with Gasteiger partial charge in [0.25, 0.3) is 0 Å². The molecule has 23 heavy (non-hydrogen) atoms. The van der Waals surface area contributed by atoms with Crippen LogP contribution in [0, 0.1) is 0 Å². The molecule has 1 heteroatoms. The Kier molecular flexibility index (Phi) is 4.70. The lowest BCUT2D eigenvalue weighted by Gasteiger charge is -2.28. The zero-order valence-corrected chi connectivity index (χ0v) is 13.0. The first kappa shape index (κ1) is 15.3. The van der Waals surface area contributed by atoms with E-state index in [1.54, 1.807) is 0 Å². The molecule has 0 aromatic heterocycles. The highest BCUT2D eigenvalue weighted by Gasteiger charge is 2.29. The molecule has 3 rings (SSSR count). The fourth-order valence-electron chi connectivity index (χ4n) is 2.76. The SMILES string of the molecule is OC(C/C=C\c1ccccc1)(c1ccccc1)c1ccccc1. The summed E-state index contributed by atoms with van der Waals surface area (Å²) in [7, 11) is 0. The molecule has 0 spiro atoms. The van der Waals surface area contributed by atoms with Gasteiger partial charge < -0.3 is 5.11 Å². The van der Waals surface area contributed by atoms with Crippen molar-refractivity contribution in [3.05, 3.63) is 114 Å². The van der Waals surface area contributed by atoms with E-state index in [0.29, 0.717) is 6.42 Å². The van der Waals surface area contributed by atoms with E-state index in [2.05, 4.69) is 18.2 Å². The minimum atomic E-state index is -1.02. The van der Waals surface area contributed by atoms with Crippen molar-refractivity contribution >= 4 is 6.08 Å². The number of aliphatic hydroxyl groups is 1. The molecule has 1 nitrogen and oxygen atoms in total. The van der Waals surface area contributed by atoms with Gasteiger partial charge >= 0.3 is 0 Å². The Morgan fingerprint density at radius 2 is 1.09 bits per heavy atom. The van der Waals surface area contributed by atoms with E-state index in [0.717, 1.165) is 16.7 Å². The van der Waals surface area contributed by atoms with Crippen LogP contribution < -0.4 is 0 Å². The lowest BCUT2D eigenvalue weighted by Crippen LogP contribution is -2.26. The van der Waals surface area contributed by atoms with E-state index < -0.39 is 5.60 Å². The molecule has 0 radical (unpaired) electrons. The summed E-state index contributed by atoms with van der Waals surface area (Å²) in [5.41, 5.74) is 1.93. The molecule has 0 unspecified atom stereocenters. The first-order valence-corrected chi connectivity index (χ1v) is 7.84. The van der Waals surface area contributed by atoms with Crippen molar-refractivity contribution < 1.29 is 5.11 Å². The van der Waals surface area contributed by atoms with Crippen LogP contribution in [0.1, 0.15) is 23.1 Å². The molecule has 3 aromatic carbocycles. The van der Waals surface area contributed by atoms with E-state index in [1.807, 2.05) is 84.9 Å². The third-order valence-corrected chi connectivity index (χ3v) is 4.03. The lowest BCUT2D eigenvalue weighted by molar-refractivity contribution is 0.0843. The van der Waals surface area contributed by atoms with Crippen molar-refractivity contribution in [3.8, 4) is 0 Å². The molecule has 0 fully saturated rings. The average Bonchev–Trinajstić information content (AvgIpc) is 2.64. The van der Waals surface area contributed by atoms with E-state index >= 15 is 0 Å². The highest BCUT2D eigenvalue weighted by atomic mass is 16.3. The Labute approximate surface area is 137 Å². The second-order valence-electron chi connectivity index (χ2n) is 5.61. The molecule has 0 saturated carbocycles. The van der Waals surface area contributed by atoms with Crippen LogP contribution >= 0.6 is 0 Å². The molecule has 0 atom stereocenters. The Bertz CT molecular complexity index is 706. The van der Waals surface area contributed by atoms with Gasteiger partial charge in [-0.2, -0.15) is 0 Å². The maximum absolute atomic E-state index is 11.4. The lowest BCUT2D eigenvalue weighted by atomic mass is 9.83. The predicted octanol–water partition coefficient (Wildman–Crippen LogP) is 5.03. The molecule has 0 bridgehead atoms. The summed E-state index contributed by atoms with van der Waals surface area (Å²) in [6.45, 7) is 0. The summed E-state index contributed by atoms with van der Waals surface area (Å²) < 4.78 is 0. The summed E-state index contributed by atoms with van der Waals surface area (Å²) in [6.07, 6.45) is 4.61. The fraction of sp³-hybridized carbons (Fsp3) is 0.0909. The molecule has 0 saturated heterocycles. The Morgan fingerprint density at radius 3 is 1.57 bits per heavy atom. The second-order valence-corrected chi connectivity index (χ2v) is 5.61. The number of hydrogen-bond acceptors (Lipinski definition) is 1. The molecule has 114 valence electrons. The van der Waals surface area contributed by atoms with E-state index in [9.17, 15) is 5.11 Å². The largest absolute Gasteiger partial charge is 0.380 e. The summed E-state index contributed by atoms with van der Waals surface area (Å²) in [5.74, 6) is 0. The van der Waals surface area contributed by atoms with Crippen LogP contribution in [0.3, 0.4) is 0 Å². The first-order valence-electron chi connectivity index (χ1n) is 7.84. The number of rotatable bonds is 5. The van der Waals surface area contributed by atoms with Crippen LogP contribution in [0.15, 0.2) is 97.1 Å². The van der Waals surface area contributed by atoms with Crippen LogP contribution in [0.5, 0.6) is 0 Å². The summed E-state index contributed by atoms with van der Waals surface area (Å²) in [5, 5.41) is 11.4. The highest BCUT2D eigenvalue weighted by molar-refractivity contribution is 5.49. The van der Waals surface area contributed by atoms with Gasteiger partial charge in [0.2, 0.25) is 0 Å². The van der Waals surface area contributed by atoms with E-state index in [-0.39, 0.29) is 0 Å². The van der Waals surface area contributed by atoms with Gasteiger partial charge in [-0.05, 0) is 16.7 Å². The average molecular weight is 300 g/mol.